The smallest absolute Gasteiger partial charge is 0.264 e. The van der Waals surface area contributed by atoms with E-state index in [-0.39, 0.29) is 11.4 Å². The molecule has 1 amide bonds. The molecule has 0 saturated heterocycles. The van der Waals surface area contributed by atoms with Gasteiger partial charge in [-0.3, -0.25) is 9.10 Å². The zero-order valence-corrected chi connectivity index (χ0v) is 20.5. The normalized spacial score (nSPS) is 11.1. The molecule has 0 aromatic heterocycles. The van der Waals surface area contributed by atoms with E-state index in [0.717, 1.165) is 9.20 Å². The van der Waals surface area contributed by atoms with Crippen molar-refractivity contribution in [2.24, 2.45) is 0 Å². The van der Waals surface area contributed by atoms with E-state index < -0.39 is 15.9 Å². The number of carbonyl (C=O) groups excluding carboxylic acids is 1. The minimum absolute atomic E-state index is 0.0994. The fourth-order valence-electron chi connectivity index (χ4n) is 3.04. The van der Waals surface area contributed by atoms with Crippen molar-refractivity contribution in [3.63, 3.8) is 0 Å². The quantitative estimate of drug-likeness (QED) is 0.298. The van der Waals surface area contributed by atoms with Crippen molar-refractivity contribution < 1.29 is 17.9 Å². The van der Waals surface area contributed by atoms with Gasteiger partial charge in [0, 0.05) is 22.2 Å². The number of carbonyl (C=O) groups is 1. The zero-order chi connectivity index (χ0) is 23.7. The number of rotatable bonds is 11. The number of hydrogen-bond acceptors (Lipinski definition) is 5. The fraction of sp³-hybridized carbons (Fsp3) is 0.208. The minimum Gasteiger partial charge on any atom is -0.492 e. The van der Waals surface area contributed by atoms with Crippen LogP contribution in [0.25, 0.3) is 0 Å². The summed E-state index contributed by atoms with van der Waals surface area (Å²) in [6.07, 6.45) is 0. The number of nitrogens with one attached hydrogen (secondary N) is 1. The predicted octanol–water partition coefficient (Wildman–Crippen LogP) is 4.84. The van der Waals surface area contributed by atoms with Crippen LogP contribution in [0.5, 0.6) is 5.75 Å². The molecule has 0 unspecified atom stereocenters. The van der Waals surface area contributed by atoms with E-state index in [1.54, 1.807) is 54.2 Å². The third-order valence-corrected chi connectivity index (χ3v) is 7.60. The van der Waals surface area contributed by atoms with Gasteiger partial charge in [0.05, 0.1) is 17.2 Å². The van der Waals surface area contributed by atoms with Crippen LogP contribution in [0.1, 0.15) is 6.92 Å². The largest absolute Gasteiger partial charge is 0.492 e. The second-order valence-electron chi connectivity index (χ2n) is 6.88. The number of benzene rings is 3. The topological polar surface area (TPSA) is 75.7 Å². The number of nitrogens with zero attached hydrogens (tertiary/aromatic N) is 1. The molecule has 0 atom stereocenters. The first kappa shape index (κ1) is 25.0. The van der Waals surface area contributed by atoms with Crippen molar-refractivity contribution in [2.45, 2.75) is 16.7 Å². The lowest BCUT2D eigenvalue weighted by atomic mass is 10.3. The molecule has 0 heterocycles. The van der Waals surface area contributed by atoms with Gasteiger partial charge in [-0.2, -0.15) is 0 Å². The van der Waals surface area contributed by atoms with Gasteiger partial charge in [-0.1, -0.05) is 41.9 Å². The van der Waals surface area contributed by atoms with E-state index >= 15 is 0 Å². The first-order valence-electron chi connectivity index (χ1n) is 10.4. The summed E-state index contributed by atoms with van der Waals surface area (Å²) < 4.78 is 33.6. The van der Waals surface area contributed by atoms with Crippen molar-refractivity contribution in [3.8, 4) is 5.75 Å². The molecular weight excluding hydrogens is 480 g/mol. The maximum absolute atomic E-state index is 13.4. The number of halogens is 1. The first-order chi connectivity index (χ1) is 15.9. The van der Waals surface area contributed by atoms with E-state index in [1.165, 1.54) is 12.1 Å². The third kappa shape index (κ3) is 6.90. The van der Waals surface area contributed by atoms with E-state index in [4.69, 9.17) is 16.3 Å². The summed E-state index contributed by atoms with van der Waals surface area (Å²) >= 11 is 7.47. The molecule has 0 aliphatic heterocycles. The Morgan fingerprint density at radius 1 is 1.00 bits per heavy atom. The van der Waals surface area contributed by atoms with Crippen LogP contribution >= 0.6 is 23.4 Å². The number of anilines is 1. The molecule has 0 aliphatic rings. The average Bonchev–Trinajstić information content (AvgIpc) is 2.83. The summed E-state index contributed by atoms with van der Waals surface area (Å²) in [4.78, 5) is 13.9. The van der Waals surface area contributed by atoms with Gasteiger partial charge in [-0.25, -0.2) is 8.42 Å². The molecule has 0 spiro atoms. The van der Waals surface area contributed by atoms with Crippen LogP contribution < -0.4 is 14.4 Å². The zero-order valence-electron chi connectivity index (χ0n) is 18.1. The summed E-state index contributed by atoms with van der Waals surface area (Å²) in [6, 6.07) is 22.3. The van der Waals surface area contributed by atoms with Crippen molar-refractivity contribution in [1.29, 1.82) is 0 Å². The fourth-order valence-corrected chi connectivity index (χ4v) is 5.38. The highest BCUT2D eigenvalue weighted by Gasteiger charge is 2.29. The lowest BCUT2D eigenvalue weighted by Crippen LogP contribution is -2.41. The highest BCUT2D eigenvalue weighted by atomic mass is 35.5. The Bertz CT molecular complexity index is 1160. The second-order valence-corrected chi connectivity index (χ2v) is 10.3. The van der Waals surface area contributed by atoms with Gasteiger partial charge in [0.25, 0.3) is 10.0 Å². The Morgan fingerprint density at radius 2 is 1.67 bits per heavy atom. The van der Waals surface area contributed by atoms with E-state index in [0.29, 0.717) is 35.4 Å². The maximum Gasteiger partial charge on any atom is 0.264 e. The van der Waals surface area contributed by atoms with Crippen molar-refractivity contribution in [1.82, 2.24) is 5.32 Å². The number of thioether (sulfide) groups is 1. The van der Waals surface area contributed by atoms with E-state index in [1.807, 2.05) is 31.2 Å². The van der Waals surface area contributed by atoms with Gasteiger partial charge in [-0.15, -0.1) is 11.8 Å². The molecule has 3 aromatic carbocycles. The molecule has 0 aliphatic carbocycles. The van der Waals surface area contributed by atoms with Crippen molar-refractivity contribution >= 4 is 45.0 Å². The van der Waals surface area contributed by atoms with Crippen LogP contribution in [0.3, 0.4) is 0 Å². The molecule has 6 nitrogen and oxygen atoms in total. The standard InChI is InChI=1S/C24H25ClN2O4S2/c1-2-31-23-11-7-6-10-22(23)27(33(29,30)21-8-4-3-5-9-21)18-24(28)26-16-17-32-20-14-12-19(25)13-15-20/h3-15H,2,16-18H2,1H3,(H,26,28). The van der Waals surface area contributed by atoms with Gasteiger partial charge in [0.15, 0.2) is 0 Å². The van der Waals surface area contributed by atoms with Gasteiger partial charge < -0.3 is 10.1 Å². The van der Waals surface area contributed by atoms with Gasteiger partial charge in [0.2, 0.25) is 5.91 Å². The van der Waals surface area contributed by atoms with Crippen LogP contribution in [0, 0.1) is 0 Å². The second kappa shape index (κ2) is 12.0. The summed E-state index contributed by atoms with van der Waals surface area (Å²) in [6.45, 7) is 2.20. The van der Waals surface area contributed by atoms with Crippen LogP contribution in [-0.2, 0) is 14.8 Å². The number of para-hydroxylation sites is 2. The molecule has 0 saturated carbocycles. The van der Waals surface area contributed by atoms with Crippen molar-refractivity contribution in [2.75, 3.05) is 29.8 Å². The van der Waals surface area contributed by atoms with Gasteiger partial charge in [0.1, 0.15) is 12.3 Å². The summed E-state index contributed by atoms with van der Waals surface area (Å²) in [5.74, 6) is 0.622. The van der Waals surface area contributed by atoms with E-state index in [9.17, 15) is 13.2 Å². The Labute approximate surface area is 204 Å². The van der Waals surface area contributed by atoms with Crippen LogP contribution in [0.2, 0.25) is 5.02 Å². The van der Waals surface area contributed by atoms with Crippen molar-refractivity contribution in [3.05, 3.63) is 83.9 Å². The number of amides is 1. The molecule has 0 fully saturated rings. The monoisotopic (exact) mass is 504 g/mol. The SMILES string of the molecule is CCOc1ccccc1N(CC(=O)NCCSc1ccc(Cl)cc1)S(=O)(=O)c1ccccc1. The lowest BCUT2D eigenvalue weighted by molar-refractivity contribution is -0.119. The average molecular weight is 505 g/mol. The minimum atomic E-state index is -3.99. The van der Waals surface area contributed by atoms with E-state index in [2.05, 4.69) is 5.32 Å². The molecule has 33 heavy (non-hydrogen) atoms. The Kier molecular flexibility index (Phi) is 9.05. The lowest BCUT2D eigenvalue weighted by Gasteiger charge is -2.26. The Balaban J connectivity index is 1.74. The molecular formula is C24H25ClN2O4S2. The first-order valence-corrected chi connectivity index (χ1v) is 13.2. The highest BCUT2D eigenvalue weighted by Crippen LogP contribution is 2.32. The van der Waals surface area contributed by atoms with Crippen LogP contribution in [0.4, 0.5) is 5.69 Å². The molecule has 174 valence electrons. The number of ether oxygens (including phenoxy) is 1. The molecule has 0 radical (unpaired) electrons. The Hall–Kier alpha value is -2.68. The summed E-state index contributed by atoms with van der Waals surface area (Å²) in [5, 5.41) is 3.47. The summed E-state index contributed by atoms with van der Waals surface area (Å²) in [5.41, 5.74) is 0.314. The number of hydrogen-bond donors (Lipinski definition) is 1. The number of sulfonamides is 1. The van der Waals surface area contributed by atoms with Gasteiger partial charge >= 0.3 is 0 Å². The molecule has 1 N–H and O–H groups in total. The maximum atomic E-state index is 13.4. The molecule has 3 rings (SSSR count). The Morgan fingerprint density at radius 3 is 2.36 bits per heavy atom. The van der Waals surface area contributed by atoms with Gasteiger partial charge in [-0.05, 0) is 55.5 Å². The molecule has 9 heteroatoms. The molecule has 0 bridgehead atoms. The highest BCUT2D eigenvalue weighted by molar-refractivity contribution is 7.99. The van der Waals surface area contributed by atoms with Crippen LogP contribution in [0.15, 0.2) is 88.7 Å². The third-order valence-electron chi connectivity index (χ3n) is 4.56. The molecule has 3 aromatic rings. The van der Waals surface area contributed by atoms with Crippen LogP contribution in [-0.4, -0.2) is 39.8 Å². The predicted molar refractivity (Wildman–Crippen MR) is 134 cm³/mol. The summed E-state index contributed by atoms with van der Waals surface area (Å²) in [7, 11) is -3.99.